The van der Waals surface area contributed by atoms with E-state index in [9.17, 15) is 0 Å². The lowest BCUT2D eigenvalue weighted by atomic mass is 10.5. The molecule has 0 amide bonds. The molecule has 0 aliphatic rings. The van der Waals surface area contributed by atoms with Crippen LogP contribution in [0.25, 0.3) is 0 Å². The molecule has 8 heavy (non-hydrogen) atoms. The number of hydrogen-bond donors (Lipinski definition) is 1. The normalized spacial score (nSPS) is 8.50. The highest BCUT2D eigenvalue weighted by molar-refractivity contribution is 5.37. The molecule has 0 aliphatic heterocycles. The summed E-state index contributed by atoms with van der Waals surface area (Å²) >= 11 is 0. The Labute approximate surface area is 47.9 Å². The van der Waals surface area contributed by atoms with E-state index in [0.717, 1.165) is 0 Å². The first kappa shape index (κ1) is 4.97. The van der Waals surface area contributed by atoms with E-state index in [1.54, 1.807) is 4.57 Å². The quantitative estimate of drug-likeness (QED) is 0.306. The van der Waals surface area contributed by atoms with E-state index in [2.05, 4.69) is 0 Å². The molecular weight excluding hydrogens is 100 g/mol. The third-order valence-corrected chi connectivity index (χ3v) is 0.888. The van der Waals surface area contributed by atoms with Gasteiger partial charge in [-0.2, -0.15) is 0 Å². The van der Waals surface area contributed by atoms with Crippen molar-refractivity contribution in [2.45, 2.75) is 0 Å². The van der Waals surface area contributed by atoms with Gasteiger partial charge in [0.2, 0.25) is 0 Å². The van der Waals surface area contributed by atoms with Gasteiger partial charge in [0.05, 0.1) is 12.4 Å². The van der Waals surface area contributed by atoms with Gasteiger partial charge in [0.1, 0.15) is 0 Å². The summed E-state index contributed by atoms with van der Waals surface area (Å²) in [5, 5.41) is 6.78. The maximum absolute atomic E-state index is 6.78. The van der Waals surface area contributed by atoms with Crippen LogP contribution in [0.15, 0.2) is 30.6 Å². The minimum atomic E-state index is 1.25. The van der Waals surface area contributed by atoms with Crippen molar-refractivity contribution in [3.05, 3.63) is 30.6 Å². The summed E-state index contributed by atoms with van der Waals surface area (Å²) in [4.78, 5) is 0. The Morgan fingerprint density at radius 1 is 1.12 bits per heavy atom. The topological polar surface area (TPSA) is 27.7 Å². The predicted octanol–water partition coefficient (Wildman–Crippen LogP) is 0.429. The van der Waals surface area contributed by atoms with Gasteiger partial charge in [-0.3, -0.25) is 0 Å². The molecule has 0 unspecified atom stereocenters. The molecule has 2 heteroatoms. The summed E-state index contributed by atoms with van der Waals surface area (Å²) in [6.45, 7) is 0. The van der Waals surface area contributed by atoms with Crippen LogP contribution in [0.4, 0.5) is 0 Å². The van der Waals surface area contributed by atoms with Crippen LogP contribution >= 0.6 is 0 Å². The summed E-state index contributed by atoms with van der Waals surface area (Å²) in [5.41, 5.74) is 0. The van der Waals surface area contributed by atoms with Gasteiger partial charge in [-0.15, -0.1) is 5.41 Å². The fourth-order valence-electron chi connectivity index (χ4n) is 0.498. The summed E-state index contributed by atoms with van der Waals surface area (Å²) in [7, 11) is 0. The van der Waals surface area contributed by atoms with Crippen molar-refractivity contribution in [3.8, 4) is 0 Å². The molecule has 1 aromatic rings. The third-order valence-electron chi connectivity index (χ3n) is 0.888. The summed E-state index contributed by atoms with van der Waals surface area (Å²) in [5.74, 6) is 0. The van der Waals surface area contributed by atoms with Crippen molar-refractivity contribution in [1.29, 1.82) is 5.41 Å². The molecule has 1 heterocycles. The molecule has 2 nitrogen and oxygen atoms in total. The first-order valence-corrected chi connectivity index (χ1v) is 2.40. The molecule has 0 aromatic carbocycles. The van der Waals surface area contributed by atoms with E-state index in [0.29, 0.717) is 0 Å². The highest BCUT2D eigenvalue weighted by atomic mass is 14.9. The second-order valence-electron chi connectivity index (χ2n) is 1.45. The molecule has 40 valence electrons. The molecule has 1 N–H and O–H groups in total. The van der Waals surface area contributed by atoms with Crippen molar-refractivity contribution in [3.63, 3.8) is 0 Å². The predicted molar refractivity (Wildman–Crippen MR) is 30.8 cm³/mol. The Bertz CT molecular complexity index is 169. The number of rotatable bonds is 1. The van der Waals surface area contributed by atoms with E-state index < -0.39 is 0 Å². The largest absolute Gasteiger partial charge is 0.281 e. The van der Waals surface area contributed by atoms with Gasteiger partial charge in [0.15, 0.2) is 0 Å². The fourth-order valence-corrected chi connectivity index (χ4v) is 0.498. The number of pyridine rings is 1. The van der Waals surface area contributed by atoms with Gasteiger partial charge in [-0.05, 0) is 12.1 Å². The maximum Gasteiger partial charge on any atom is 0.281 e. The Hall–Kier alpha value is -1.18. The fraction of sp³-hybridized carbons (Fsp3) is 0. The molecule has 0 spiro atoms. The zero-order valence-corrected chi connectivity index (χ0v) is 4.41. The summed E-state index contributed by atoms with van der Waals surface area (Å²) in [6.07, 6.45) is 4.88. The van der Waals surface area contributed by atoms with Gasteiger partial charge < -0.3 is 0 Å². The van der Waals surface area contributed by atoms with E-state index in [1.165, 1.54) is 6.34 Å². The molecule has 0 saturated heterocycles. The molecule has 1 aromatic heterocycles. The van der Waals surface area contributed by atoms with E-state index in [1.807, 2.05) is 30.6 Å². The summed E-state index contributed by atoms with van der Waals surface area (Å²) < 4.78 is 1.67. The highest BCUT2D eigenvalue weighted by Crippen LogP contribution is 1.72. The van der Waals surface area contributed by atoms with E-state index in [4.69, 9.17) is 5.41 Å². The minimum absolute atomic E-state index is 1.25. The van der Waals surface area contributed by atoms with Crippen LogP contribution in [0.2, 0.25) is 0 Å². The Morgan fingerprint density at radius 3 is 2.12 bits per heavy atom. The molecule has 0 saturated carbocycles. The van der Waals surface area contributed by atoms with E-state index in [-0.39, 0.29) is 0 Å². The highest BCUT2D eigenvalue weighted by Gasteiger charge is 1.80. The summed E-state index contributed by atoms with van der Waals surface area (Å²) in [6, 6.07) is 5.68. The Morgan fingerprint density at radius 2 is 1.75 bits per heavy atom. The van der Waals surface area contributed by atoms with Gasteiger partial charge in [-0.1, -0.05) is 6.07 Å². The molecule has 0 aliphatic carbocycles. The average Bonchev–Trinajstić information content (AvgIpc) is 1.90. The van der Waals surface area contributed by atoms with Crippen molar-refractivity contribution in [1.82, 2.24) is 0 Å². The van der Waals surface area contributed by atoms with E-state index >= 15 is 0 Å². The Kier molecular flexibility index (Phi) is 1.37. The van der Waals surface area contributed by atoms with Crippen LogP contribution in [-0.2, 0) is 0 Å². The van der Waals surface area contributed by atoms with Crippen LogP contribution in [0.1, 0.15) is 0 Å². The number of nitrogens with zero attached hydrogens (tertiary/aromatic N) is 1. The van der Waals surface area contributed by atoms with Gasteiger partial charge in [0, 0.05) is 0 Å². The second-order valence-corrected chi connectivity index (χ2v) is 1.45. The van der Waals surface area contributed by atoms with Gasteiger partial charge >= 0.3 is 0 Å². The van der Waals surface area contributed by atoms with Crippen molar-refractivity contribution in [2.75, 3.05) is 0 Å². The molecule has 0 fully saturated rings. The molecule has 0 radical (unpaired) electrons. The smallest absolute Gasteiger partial charge is 0.210 e. The first-order valence-electron chi connectivity index (χ1n) is 2.40. The standard InChI is InChI=1S/C6H7N2/c7-6-8-4-2-1-3-5-8/h1-7H/q+1. The average molecular weight is 107 g/mol. The lowest BCUT2D eigenvalue weighted by molar-refractivity contribution is -0.546. The van der Waals surface area contributed by atoms with Gasteiger partial charge in [-0.25, -0.2) is 4.57 Å². The monoisotopic (exact) mass is 107 g/mol. The van der Waals surface area contributed by atoms with Gasteiger partial charge in [0.25, 0.3) is 6.34 Å². The van der Waals surface area contributed by atoms with Crippen LogP contribution in [0.5, 0.6) is 0 Å². The number of nitrogens with one attached hydrogen (secondary N) is 1. The minimum Gasteiger partial charge on any atom is -0.210 e. The van der Waals surface area contributed by atoms with Crippen LogP contribution < -0.4 is 4.57 Å². The molecule has 0 atom stereocenters. The van der Waals surface area contributed by atoms with Crippen LogP contribution in [0.3, 0.4) is 0 Å². The first-order chi connectivity index (χ1) is 3.93. The second kappa shape index (κ2) is 2.21. The van der Waals surface area contributed by atoms with Crippen molar-refractivity contribution in [2.24, 2.45) is 0 Å². The number of hydrogen-bond acceptors (Lipinski definition) is 1. The van der Waals surface area contributed by atoms with Crippen molar-refractivity contribution < 1.29 is 4.57 Å². The SMILES string of the molecule is N=C[n+]1ccccc1. The number of aromatic nitrogens is 1. The maximum atomic E-state index is 6.78. The lowest BCUT2D eigenvalue weighted by Crippen LogP contribution is -2.30. The van der Waals surface area contributed by atoms with Crippen LogP contribution in [0, 0.1) is 5.41 Å². The zero-order chi connectivity index (χ0) is 5.82. The molecule has 0 bridgehead atoms. The Balaban J connectivity index is 2.99. The lowest BCUT2D eigenvalue weighted by Gasteiger charge is -1.81. The zero-order valence-electron chi connectivity index (χ0n) is 4.41. The molecular formula is C6H7N2+. The third kappa shape index (κ3) is 0.904. The molecule has 1 rings (SSSR count). The van der Waals surface area contributed by atoms with Crippen molar-refractivity contribution >= 4 is 6.34 Å². The van der Waals surface area contributed by atoms with Crippen LogP contribution in [-0.4, -0.2) is 6.34 Å².